The summed E-state index contributed by atoms with van der Waals surface area (Å²) in [5.74, 6) is -1.18. The van der Waals surface area contributed by atoms with Gasteiger partial charge in [-0.2, -0.15) is 9.61 Å². The van der Waals surface area contributed by atoms with E-state index >= 15 is 0 Å². The van der Waals surface area contributed by atoms with Gasteiger partial charge in [-0.25, -0.2) is 0 Å². The van der Waals surface area contributed by atoms with Gasteiger partial charge < -0.3 is 20.1 Å². The summed E-state index contributed by atoms with van der Waals surface area (Å²) >= 11 is 0. The van der Waals surface area contributed by atoms with E-state index in [4.69, 9.17) is 4.74 Å². The molecular formula is C24H29N5O5. The first kappa shape index (κ1) is 21.4. The zero-order valence-electron chi connectivity index (χ0n) is 19.2. The second kappa shape index (κ2) is 7.69. The van der Waals surface area contributed by atoms with Gasteiger partial charge in [0.25, 0.3) is 11.5 Å². The lowest BCUT2D eigenvalue weighted by Gasteiger charge is -2.31. The molecule has 2 N–H and O–H groups in total. The smallest absolute Gasteiger partial charge is 0.270 e. The van der Waals surface area contributed by atoms with E-state index in [9.17, 15) is 19.5 Å². The number of hydrogen-bond donors (Lipinski definition) is 2. The highest BCUT2D eigenvalue weighted by atomic mass is 16.5. The molecule has 2 aliphatic heterocycles. The van der Waals surface area contributed by atoms with Crippen LogP contribution in [0.5, 0.6) is 5.88 Å². The van der Waals surface area contributed by atoms with Gasteiger partial charge in [0.05, 0.1) is 18.4 Å². The molecule has 2 atom stereocenters. The van der Waals surface area contributed by atoms with Gasteiger partial charge >= 0.3 is 0 Å². The van der Waals surface area contributed by atoms with Crippen LogP contribution in [0.25, 0.3) is 11.7 Å². The van der Waals surface area contributed by atoms with Crippen LogP contribution in [0.15, 0.2) is 17.1 Å². The summed E-state index contributed by atoms with van der Waals surface area (Å²) < 4.78 is 8.57. The number of morpholine rings is 1. The quantitative estimate of drug-likeness (QED) is 0.619. The van der Waals surface area contributed by atoms with E-state index < -0.39 is 17.3 Å². The Morgan fingerprint density at radius 3 is 2.59 bits per heavy atom. The lowest BCUT2D eigenvalue weighted by molar-refractivity contribution is -0.134. The molecule has 34 heavy (non-hydrogen) atoms. The fourth-order valence-electron chi connectivity index (χ4n) is 4.98. The molecule has 0 radical (unpaired) electrons. The van der Waals surface area contributed by atoms with Crippen molar-refractivity contribution in [3.63, 3.8) is 0 Å². The maximum Gasteiger partial charge on any atom is 0.270 e. The van der Waals surface area contributed by atoms with Crippen LogP contribution < -0.4 is 10.9 Å². The number of nitrogens with zero attached hydrogens (tertiary/aromatic N) is 4. The minimum absolute atomic E-state index is 0.0420. The van der Waals surface area contributed by atoms with Crippen molar-refractivity contribution < 1.29 is 19.4 Å². The van der Waals surface area contributed by atoms with Crippen LogP contribution in [0.4, 0.5) is 0 Å². The Morgan fingerprint density at radius 1 is 1.24 bits per heavy atom. The Morgan fingerprint density at radius 2 is 1.94 bits per heavy atom. The molecular weight excluding hydrogens is 438 g/mol. The number of rotatable bonds is 6. The average molecular weight is 468 g/mol. The Labute approximate surface area is 196 Å². The molecule has 2 saturated heterocycles. The zero-order chi connectivity index (χ0) is 23.6. The van der Waals surface area contributed by atoms with Crippen molar-refractivity contribution >= 4 is 23.5 Å². The van der Waals surface area contributed by atoms with Crippen molar-refractivity contribution in [2.75, 3.05) is 13.1 Å². The second-order valence-corrected chi connectivity index (χ2v) is 10.5. The van der Waals surface area contributed by atoms with Crippen molar-refractivity contribution in [2.45, 2.75) is 70.2 Å². The van der Waals surface area contributed by atoms with Gasteiger partial charge in [-0.15, -0.1) is 0 Å². The summed E-state index contributed by atoms with van der Waals surface area (Å²) in [5.41, 5.74) is 0.0457. The van der Waals surface area contributed by atoms with Gasteiger partial charge in [0.15, 0.2) is 5.56 Å². The van der Waals surface area contributed by atoms with Crippen molar-refractivity contribution in [2.24, 2.45) is 5.41 Å². The minimum atomic E-state index is -0.577. The molecule has 2 unspecified atom stereocenters. The van der Waals surface area contributed by atoms with Gasteiger partial charge in [0, 0.05) is 37.3 Å². The number of amides is 2. The maximum atomic E-state index is 13.5. The molecule has 2 aliphatic carbocycles. The van der Waals surface area contributed by atoms with Crippen molar-refractivity contribution in [3.8, 4) is 5.88 Å². The minimum Gasteiger partial charge on any atom is -0.492 e. The molecule has 4 fully saturated rings. The summed E-state index contributed by atoms with van der Waals surface area (Å²) in [6, 6.07) is 0.0500. The molecule has 0 aromatic carbocycles. The molecule has 4 aliphatic rings. The number of likely N-dealkylation sites (tertiary alicyclic amines) is 1. The van der Waals surface area contributed by atoms with E-state index in [-0.39, 0.29) is 35.1 Å². The fourth-order valence-corrected chi connectivity index (χ4v) is 4.98. The van der Waals surface area contributed by atoms with Crippen LogP contribution in [0.2, 0.25) is 0 Å². The fraction of sp³-hybridized carbons (Fsp3) is 0.583. The van der Waals surface area contributed by atoms with Crippen LogP contribution >= 0.6 is 0 Å². The van der Waals surface area contributed by atoms with E-state index in [0.29, 0.717) is 30.8 Å². The maximum absolute atomic E-state index is 13.5. The van der Waals surface area contributed by atoms with E-state index in [2.05, 4.69) is 17.3 Å². The molecule has 2 aromatic rings. The predicted molar refractivity (Wildman–Crippen MR) is 122 cm³/mol. The van der Waals surface area contributed by atoms with E-state index in [0.717, 1.165) is 38.5 Å². The lowest BCUT2D eigenvalue weighted by atomic mass is 10.1. The first-order chi connectivity index (χ1) is 16.3. The van der Waals surface area contributed by atoms with Crippen LogP contribution in [0.1, 0.15) is 61.4 Å². The number of carbonyl (C=O) groups is 2. The SMILES string of the molecule is CC1(Cn2c(=O)c(C(=O)NC3CC3)c(O)n3ncc(C=CC(=O)N4CC5CCC(C4)O5)c23)CC1. The number of aromatic hydroxyl groups is 1. The predicted octanol–water partition coefficient (Wildman–Crippen LogP) is 1.30. The van der Waals surface area contributed by atoms with Gasteiger partial charge in [0.2, 0.25) is 11.8 Å². The lowest BCUT2D eigenvalue weighted by Crippen LogP contribution is -2.45. The number of aromatic nitrogens is 3. The first-order valence-corrected chi connectivity index (χ1v) is 12.1. The number of hydrogen-bond acceptors (Lipinski definition) is 6. The molecule has 4 heterocycles. The topological polar surface area (TPSA) is 118 Å². The van der Waals surface area contributed by atoms with Crippen LogP contribution in [0, 0.1) is 5.41 Å². The molecule has 2 bridgehead atoms. The van der Waals surface area contributed by atoms with Crippen LogP contribution in [-0.2, 0) is 16.1 Å². The summed E-state index contributed by atoms with van der Waals surface area (Å²) in [4.78, 5) is 40.9. The highest BCUT2D eigenvalue weighted by Crippen LogP contribution is 2.46. The van der Waals surface area contributed by atoms with E-state index in [1.54, 1.807) is 11.0 Å². The monoisotopic (exact) mass is 467 g/mol. The Kier molecular flexibility index (Phi) is 4.84. The van der Waals surface area contributed by atoms with Gasteiger partial charge in [-0.05, 0) is 50.0 Å². The first-order valence-electron chi connectivity index (χ1n) is 12.1. The molecule has 6 rings (SSSR count). The van der Waals surface area contributed by atoms with Crippen LogP contribution in [0.3, 0.4) is 0 Å². The standard InChI is InChI=1S/C24H29N5O5/c1-24(8-9-24)13-28-21-14(2-7-18(30)27-11-16-5-6-17(12-27)34-16)10-25-29(21)23(33)19(22(28)32)20(31)26-15-3-4-15/h2,7,10,15-17,33H,3-6,8-9,11-13H2,1H3,(H,26,31). The van der Waals surface area contributed by atoms with E-state index in [1.807, 2.05) is 0 Å². The number of nitrogens with one attached hydrogen (secondary N) is 1. The third-order valence-corrected chi connectivity index (χ3v) is 7.45. The Hall–Kier alpha value is -3.14. The highest BCUT2D eigenvalue weighted by molar-refractivity contribution is 5.97. The third kappa shape index (κ3) is 3.79. The van der Waals surface area contributed by atoms with Crippen LogP contribution in [-0.4, -0.2) is 67.3 Å². The number of ether oxygens (including phenoxy) is 1. The largest absolute Gasteiger partial charge is 0.492 e. The third-order valence-electron chi connectivity index (χ3n) is 7.45. The summed E-state index contributed by atoms with van der Waals surface area (Å²) in [6.07, 6.45) is 10.5. The van der Waals surface area contributed by atoms with Crippen molar-refractivity contribution in [1.29, 1.82) is 0 Å². The zero-order valence-corrected chi connectivity index (χ0v) is 19.2. The van der Waals surface area contributed by atoms with Gasteiger partial charge in [0.1, 0.15) is 5.65 Å². The van der Waals surface area contributed by atoms with E-state index in [1.165, 1.54) is 21.4 Å². The Balaban J connectivity index is 1.37. The van der Waals surface area contributed by atoms with Gasteiger partial charge in [-0.3, -0.25) is 19.0 Å². The van der Waals surface area contributed by atoms with Crippen molar-refractivity contribution in [3.05, 3.63) is 33.8 Å². The molecule has 10 heteroatoms. The molecule has 180 valence electrons. The summed E-state index contributed by atoms with van der Waals surface area (Å²) in [6.45, 7) is 3.66. The summed E-state index contributed by atoms with van der Waals surface area (Å²) in [7, 11) is 0. The van der Waals surface area contributed by atoms with Crippen molar-refractivity contribution in [1.82, 2.24) is 24.4 Å². The number of carbonyl (C=O) groups excluding carboxylic acids is 2. The summed E-state index contributed by atoms with van der Waals surface area (Å²) in [5, 5.41) is 17.9. The molecule has 2 aromatic heterocycles. The molecule has 2 amide bonds. The number of fused-ring (bicyclic) bond motifs is 3. The second-order valence-electron chi connectivity index (χ2n) is 10.5. The van der Waals surface area contributed by atoms with Gasteiger partial charge in [-0.1, -0.05) is 6.92 Å². The molecule has 0 spiro atoms. The highest BCUT2D eigenvalue weighted by Gasteiger charge is 2.40. The average Bonchev–Trinajstić information content (AvgIpc) is 3.69. The molecule has 2 saturated carbocycles. The Bertz CT molecular complexity index is 1260. The molecule has 10 nitrogen and oxygen atoms in total. The normalized spacial score (nSPS) is 25.3.